The number of aromatic hydroxyl groups is 1. The number of carboxylic acids is 3. The van der Waals surface area contributed by atoms with E-state index in [0.717, 1.165) is 0 Å². The van der Waals surface area contributed by atoms with Crippen LogP contribution in [-0.2, 0) is 35.2 Å². The van der Waals surface area contributed by atoms with Crippen LogP contribution >= 0.6 is 0 Å². The predicted octanol–water partition coefficient (Wildman–Crippen LogP) is -0.813. The highest BCUT2D eigenvalue weighted by molar-refractivity contribution is 5.94. The Bertz CT molecular complexity index is 1010. The molecule has 14 nitrogen and oxygen atoms in total. The number of phenols is 1. The van der Waals surface area contributed by atoms with E-state index in [1.54, 1.807) is 26.0 Å². The maximum Gasteiger partial charge on any atom is 0.326 e. The molecule has 4 unspecified atom stereocenters. The highest BCUT2D eigenvalue weighted by Crippen LogP contribution is 2.12. The Morgan fingerprint density at radius 1 is 0.763 bits per heavy atom. The van der Waals surface area contributed by atoms with E-state index in [0.29, 0.717) is 5.56 Å². The molecule has 9 N–H and O–H groups in total. The van der Waals surface area contributed by atoms with E-state index >= 15 is 0 Å². The summed E-state index contributed by atoms with van der Waals surface area (Å²) in [7, 11) is 0. The molecule has 14 heteroatoms. The first kappa shape index (κ1) is 31.8. The fourth-order valence-electron chi connectivity index (χ4n) is 3.37. The molecule has 0 aromatic heterocycles. The van der Waals surface area contributed by atoms with E-state index in [2.05, 4.69) is 16.0 Å². The van der Waals surface area contributed by atoms with Gasteiger partial charge in [-0.15, -0.1) is 0 Å². The number of hydrogen-bond acceptors (Lipinski definition) is 8. The van der Waals surface area contributed by atoms with Gasteiger partial charge in [-0.25, -0.2) is 4.79 Å². The van der Waals surface area contributed by atoms with E-state index in [-0.39, 0.29) is 12.2 Å². The molecule has 1 aromatic carbocycles. The molecule has 1 rings (SSSR count). The number of amides is 3. The fourth-order valence-corrected chi connectivity index (χ4v) is 3.37. The van der Waals surface area contributed by atoms with Crippen LogP contribution in [0.2, 0.25) is 0 Å². The third-order valence-electron chi connectivity index (χ3n) is 5.52. The smallest absolute Gasteiger partial charge is 0.326 e. The van der Waals surface area contributed by atoms with Crippen molar-refractivity contribution in [2.45, 2.75) is 70.1 Å². The summed E-state index contributed by atoms with van der Waals surface area (Å²) in [6, 6.07) is 0.756. The minimum absolute atomic E-state index is 0.0429. The Hall–Kier alpha value is -4.20. The van der Waals surface area contributed by atoms with Crippen molar-refractivity contribution in [2.75, 3.05) is 0 Å². The first-order chi connectivity index (χ1) is 17.7. The molecule has 38 heavy (non-hydrogen) atoms. The number of hydrogen-bond donors (Lipinski definition) is 8. The van der Waals surface area contributed by atoms with E-state index in [1.807, 2.05) is 0 Å². The number of benzene rings is 1. The molecule has 3 amide bonds. The second-order valence-corrected chi connectivity index (χ2v) is 9.03. The van der Waals surface area contributed by atoms with Gasteiger partial charge in [-0.1, -0.05) is 26.0 Å². The molecule has 0 radical (unpaired) electrons. The maximum absolute atomic E-state index is 13.0. The zero-order valence-corrected chi connectivity index (χ0v) is 21.0. The van der Waals surface area contributed by atoms with Gasteiger partial charge in [0, 0.05) is 12.8 Å². The average molecular weight is 539 g/mol. The Kier molecular flexibility index (Phi) is 12.7. The van der Waals surface area contributed by atoms with Gasteiger partial charge in [0.15, 0.2) is 0 Å². The van der Waals surface area contributed by atoms with Crippen molar-refractivity contribution in [1.29, 1.82) is 0 Å². The molecule has 1 aromatic rings. The van der Waals surface area contributed by atoms with Crippen molar-refractivity contribution in [3.63, 3.8) is 0 Å². The Morgan fingerprint density at radius 2 is 1.26 bits per heavy atom. The number of nitrogens with two attached hydrogens (primary N) is 1. The molecular formula is C24H34N4O10. The van der Waals surface area contributed by atoms with Gasteiger partial charge >= 0.3 is 17.9 Å². The van der Waals surface area contributed by atoms with E-state index in [1.165, 1.54) is 12.1 Å². The van der Waals surface area contributed by atoms with Crippen LogP contribution in [-0.4, -0.2) is 80.2 Å². The molecule has 0 fully saturated rings. The van der Waals surface area contributed by atoms with Gasteiger partial charge in [0.2, 0.25) is 17.7 Å². The zero-order chi connectivity index (χ0) is 29.0. The number of aliphatic carboxylic acids is 3. The Labute approximate surface area is 218 Å². The van der Waals surface area contributed by atoms with Crippen LogP contribution in [0.4, 0.5) is 0 Å². The lowest BCUT2D eigenvalue weighted by molar-refractivity contribution is -0.144. The SMILES string of the molecule is CC(C)C(NC(=O)C(N)Cc1ccc(O)cc1)C(=O)NC(CCC(=O)O)C(=O)NC(CCC(=O)O)C(=O)O. The van der Waals surface area contributed by atoms with Crippen LogP contribution in [0.3, 0.4) is 0 Å². The van der Waals surface area contributed by atoms with Crippen molar-refractivity contribution in [3.05, 3.63) is 29.8 Å². The lowest BCUT2D eigenvalue weighted by Gasteiger charge is -2.27. The lowest BCUT2D eigenvalue weighted by Crippen LogP contribution is -2.58. The molecular weight excluding hydrogens is 504 g/mol. The Balaban J connectivity index is 2.96. The predicted molar refractivity (Wildman–Crippen MR) is 132 cm³/mol. The van der Waals surface area contributed by atoms with Crippen LogP contribution in [0, 0.1) is 5.92 Å². The maximum atomic E-state index is 13.0. The second kappa shape index (κ2) is 15.1. The molecule has 210 valence electrons. The van der Waals surface area contributed by atoms with Crippen molar-refractivity contribution >= 4 is 35.6 Å². The van der Waals surface area contributed by atoms with E-state index in [4.69, 9.17) is 15.9 Å². The molecule has 0 bridgehead atoms. The van der Waals surface area contributed by atoms with Crippen LogP contribution in [0.25, 0.3) is 0 Å². The molecule has 0 aliphatic heterocycles. The molecule has 0 saturated carbocycles. The fraction of sp³-hybridized carbons (Fsp3) is 0.500. The monoisotopic (exact) mass is 538 g/mol. The first-order valence-corrected chi connectivity index (χ1v) is 11.8. The lowest BCUT2D eigenvalue weighted by atomic mass is 10.00. The summed E-state index contributed by atoms with van der Waals surface area (Å²) in [5.41, 5.74) is 6.63. The largest absolute Gasteiger partial charge is 0.508 e. The first-order valence-electron chi connectivity index (χ1n) is 11.8. The number of carbonyl (C=O) groups is 6. The van der Waals surface area contributed by atoms with Gasteiger partial charge in [-0.3, -0.25) is 24.0 Å². The molecule has 0 aliphatic rings. The summed E-state index contributed by atoms with van der Waals surface area (Å²) in [6.45, 7) is 3.24. The minimum atomic E-state index is -1.58. The summed E-state index contributed by atoms with van der Waals surface area (Å²) in [5, 5.41) is 43.5. The third kappa shape index (κ3) is 11.2. The Morgan fingerprint density at radius 3 is 1.74 bits per heavy atom. The molecule has 0 aliphatic carbocycles. The molecule has 0 saturated heterocycles. The van der Waals surface area contributed by atoms with Gasteiger partial charge in [0.1, 0.15) is 23.9 Å². The van der Waals surface area contributed by atoms with Crippen LogP contribution < -0.4 is 21.7 Å². The molecule has 0 heterocycles. The highest BCUT2D eigenvalue weighted by Gasteiger charge is 2.32. The number of rotatable bonds is 16. The normalized spacial score (nSPS) is 14.0. The number of nitrogens with one attached hydrogen (secondary N) is 3. The highest BCUT2D eigenvalue weighted by atomic mass is 16.4. The molecule has 4 atom stereocenters. The van der Waals surface area contributed by atoms with Crippen LogP contribution in [0.15, 0.2) is 24.3 Å². The summed E-state index contributed by atoms with van der Waals surface area (Å²) >= 11 is 0. The van der Waals surface area contributed by atoms with Crippen molar-refractivity contribution < 1.29 is 49.2 Å². The number of phenolic OH excluding ortho intramolecular Hbond substituents is 1. The number of carboxylic acid groups (broad SMARTS) is 3. The zero-order valence-electron chi connectivity index (χ0n) is 21.0. The van der Waals surface area contributed by atoms with Gasteiger partial charge in [-0.05, 0) is 42.9 Å². The summed E-state index contributed by atoms with van der Waals surface area (Å²) in [6.07, 6.45) is -1.80. The topological polar surface area (TPSA) is 245 Å². The summed E-state index contributed by atoms with van der Waals surface area (Å²) < 4.78 is 0. The number of carbonyl (C=O) groups excluding carboxylic acids is 3. The third-order valence-corrected chi connectivity index (χ3v) is 5.52. The van der Waals surface area contributed by atoms with E-state index in [9.17, 15) is 39.0 Å². The van der Waals surface area contributed by atoms with Gasteiger partial charge in [0.25, 0.3) is 0 Å². The second-order valence-electron chi connectivity index (χ2n) is 9.03. The minimum Gasteiger partial charge on any atom is -0.508 e. The van der Waals surface area contributed by atoms with Gasteiger partial charge in [-0.2, -0.15) is 0 Å². The van der Waals surface area contributed by atoms with Gasteiger partial charge in [0.05, 0.1) is 6.04 Å². The average Bonchev–Trinajstić information content (AvgIpc) is 2.82. The van der Waals surface area contributed by atoms with Crippen molar-refractivity contribution in [1.82, 2.24) is 16.0 Å². The van der Waals surface area contributed by atoms with E-state index < -0.39 is 91.4 Å². The van der Waals surface area contributed by atoms with Gasteiger partial charge < -0.3 is 42.1 Å². The standard InChI is InChI=1S/C24H34N4O10/c1-12(2)20(28-21(34)15(25)11-13-3-5-14(29)6-4-13)23(36)26-16(7-9-18(30)31)22(35)27-17(24(37)38)8-10-19(32)33/h3-6,12,15-17,20,29H,7-11,25H2,1-2H3,(H,26,36)(H,27,35)(H,28,34)(H,30,31)(H,32,33)(H,37,38). The van der Waals surface area contributed by atoms with Crippen molar-refractivity contribution in [2.24, 2.45) is 11.7 Å². The van der Waals surface area contributed by atoms with Crippen LogP contribution in [0.1, 0.15) is 45.1 Å². The summed E-state index contributed by atoms with van der Waals surface area (Å²) in [4.78, 5) is 71.7. The van der Waals surface area contributed by atoms with Crippen LogP contribution in [0.5, 0.6) is 5.75 Å². The quantitative estimate of drug-likeness (QED) is 0.129. The summed E-state index contributed by atoms with van der Waals surface area (Å²) in [5.74, 6) is -7.00. The van der Waals surface area contributed by atoms with Crippen molar-refractivity contribution in [3.8, 4) is 5.75 Å². The molecule has 0 spiro atoms.